The molecule has 0 saturated carbocycles. The number of Topliss-reactive ketones (excluding diaryl/α,β-unsaturated/α-hetero) is 1. The number of ether oxygens (including phenoxy) is 1. The Labute approximate surface area is 73.0 Å². The molecule has 1 fully saturated rings. The number of hydrogen-bond acceptors (Lipinski definition) is 3. The number of rotatable bonds is 1. The molecule has 1 aliphatic heterocycles. The topological polar surface area (TPSA) is 29.5 Å². The van der Waals surface area contributed by atoms with Crippen LogP contribution in [0.25, 0.3) is 0 Å². The predicted octanol–water partition coefficient (Wildman–Crippen LogP) is 0.810. The monoisotopic (exact) mass is 169 g/mol. The molecular weight excluding hydrogens is 154 g/mol. The fraction of sp³-hybridized carbons (Fsp3) is 0.667. The van der Waals surface area contributed by atoms with Crippen LogP contribution in [0.15, 0.2) is 11.8 Å². The molecule has 0 radical (unpaired) electrons. The van der Waals surface area contributed by atoms with Gasteiger partial charge in [0.1, 0.15) is 5.60 Å². The highest BCUT2D eigenvalue weighted by molar-refractivity contribution is 6.03. The molecule has 1 heterocycles. The first kappa shape index (κ1) is 9.26. The highest BCUT2D eigenvalue weighted by Crippen LogP contribution is 2.24. The SMILES string of the molecule is CN(C)C=C1COC(C)(C)C1=O. The summed E-state index contributed by atoms with van der Waals surface area (Å²) in [7, 11) is 3.79. The first-order valence-corrected chi connectivity index (χ1v) is 3.99. The molecule has 1 saturated heterocycles. The highest BCUT2D eigenvalue weighted by atomic mass is 16.5. The van der Waals surface area contributed by atoms with Gasteiger partial charge in [-0.15, -0.1) is 0 Å². The maximum Gasteiger partial charge on any atom is 0.193 e. The van der Waals surface area contributed by atoms with E-state index in [9.17, 15) is 4.79 Å². The second-order valence-electron chi connectivity index (χ2n) is 3.75. The number of hydrogen-bond donors (Lipinski definition) is 0. The maximum absolute atomic E-state index is 11.5. The van der Waals surface area contributed by atoms with Gasteiger partial charge < -0.3 is 9.64 Å². The summed E-state index contributed by atoms with van der Waals surface area (Å²) < 4.78 is 5.32. The van der Waals surface area contributed by atoms with E-state index in [-0.39, 0.29) is 5.78 Å². The summed E-state index contributed by atoms with van der Waals surface area (Å²) in [5, 5.41) is 0. The van der Waals surface area contributed by atoms with Crippen molar-refractivity contribution in [3.63, 3.8) is 0 Å². The minimum Gasteiger partial charge on any atom is -0.383 e. The van der Waals surface area contributed by atoms with Gasteiger partial charge in [0.05, 0.1) is 6.61 Å². The highest BCUT2D eigenvalue weighted by Gasteiger charge is 2.37. The second kappa shape index (κ2) is 2.90. The molecule has 1 rings (SSSR count). The van der Waals surface area contributed by atoms with Crippen LogP contribution in [0.5, 0.6) is 0 Å². The van der Waals surface area contributed by atoms with Crippen molar-refractivity contribution >= 4 is 5.78 Å². The first-order valence-electron chi connectivity index (χ1n) is 3.99. The van der Waals surface area contributed by atoms with Gasteiger partial charge in [0, 0.05) is 25.9 Å². The standard InChI is InChI=1S/C9H15NO2/c1-9(2)8(11)7(6-12-9)5-10(3)4/h5H,6H2,1-4H3. The third kappa shape index (κ3) is 1.67. The molecule has 0 aromatic heterocycles. The molecule has 3 heteroatoms. The van der Waals surface area contributed by atoms with E-state index in [0.29, 0.717) is 6.61 Å². The van der Waals surface area contributed by atoms with E-state index in [4.69, 9.17) is 4.74 Å². The van der Waals surface area contributed by atoms with Crippen LogP contribution in [0.2, 0.25) is 0 Å². The van der Waals surface area contributed by atoms with Gasteiger partial charge in [-0.25, -0.2) is 0 Å². The van der Waals surface area contributed by atoms with Gasteiger partial charge >= 0.3 is 0 Å². The van der Waals surface area contributed by atoms with Crippen molar-refractivity contribution < 1.29 is 9.53 Å². The molecule has 1 aliphatic rings. The molecule has 3 nitrogen and oxygen atoms in total. The minimum absolute atomic E-state index is 0.0937. The zero-order chi connectivity index (χ0) is 9.35. The first-order chi connectivity index (χ1) is 5.43. The Balaban J connectivity index is 2.81. The third-order valence-corrected chi connectivity index (χ3v) is 1.84. The Hall–Kier alpha value is -0.830. The number of carbonyl (C=O) groups is 1. The van der Waals surface area contributed by atoms with Crippen LogP contribution in [0, 0.1) is 0 Å². The summed E-state index contributed by atoms with van der Waals surface area (Å²) in [5.74, 6) is 0.0937. The van der Waals surface area contributed by atoms with Crippen LogP contribution in [0.1, 0.15) is 13.8 Å². The molecule has 0 aromatic carbocycles. The fourth-order valence-corrected chi connectivity index (χ4v) is 1.18. The Morgan fingerprint density at radius 3 is 2.42 bits per heavy atom. The van der Waals surface area contributed by atoms with Gasteiger partial charge in [-0.05, 0) is 13.8 Å². The van der Waals surface area contributed by atoms with E-state index < -0.39 is 5.60 Å². The van der Waals surface area contributed by atoms with E-state index in [1.165, 1.54) is 0 Å². The average molecular weight is 169 g/mol. The van der Waals surface area contributed by atoms with Crippen molar-refractivity contribution in [3.8, 4) is 0 Å². The summed E-state index contributed by atoms with van der Waals surface area (Å²) >= 11 is 0. The lowest BCUT2D eigenvalue weighted by molar-refractivity contribution is -0.126. The van der Waals surface area contributed by atoms with E-state index in [1.54, 1.807) is 13.8 Å². The molecular formula is C9H15NO2. The maximum atomic E-state index is 11.5. The van der Waals surface area contributed by atoms with Gasteiger partial charge in [-0.3, -0.25) is 4.79 Å². The molecule has 12 heavy (non-hydrogen) atoms. The van der Waals surface area contributed by atoms with Crippen LogP contribution in [-0.4, -0.2) is 37.0 Å². The quantitative estimate of drug-likeness (QED) is 0.544. The van der Waals surface area contributed by atoms with Crippen LogP contribution in [0.3, 0.4) is 0 Å². The molecule has 0 aromatic rings. The second-order valence-corrected chi connectivity index (χ2v) is 3.75. The van der Waals surface area contributed by atoms with E-state index >= 15 is 0 Å². The third-order valence-electron chi connectivity index (χ3n) is 1.84. The fourth-order valence-electron chi connectivity index (χ4n) is 1.18. The molecule has 0 spiro atoms. The average Bonchev–Trinajstić information content (AvgIpc) is 2.15. The van der Waals surface area contributed by atoms with Gasteiger partial charge in [-0.1, -0.05) is 0 Å². The Morgan fingerprint density at radius 2 is 2.08 bits per heavy atom. The molecule has 0 aliphatic carbocycles. The molecule has 0 bridgehead atoms. The molecule has 0 N–H and O–H groups in total. The Kier molecular flexibility index (Phi) is 2.24. The van der Waals surface area contributed by atoms with Crippen molar-refractivity contribution in [2.24, 2.45) is 0 Å². The zero-order valence-corrected chi connectivity index (χ0v) is 8.05. The Bertz CT molecular complexity index is 229. The van der Waals surface area contributed by atoms with Crippen molar-refractivity contribution in [2.75, 3.05) is 20.7 Å². The molecule has 0 amide bonds. The predicted molar refractivity (Wildman–Crippen MR) is 46.8 cm³/mol. The zero-order valence-electron chi connectivity index (χ0n) is 8.05. The summed E-state index contributed by atoms with van der Waals surface area (Å²) in [6.07, 6.45) is 1.82. The lowest BCUT2D eigenvalue weighted by Crippen LogP contribution is -2.27. The lowest BCUT2D eigenvalue weighted by Gasteiger charge is -2.12. The van der Waals surface area contributed by atoms with E-state index in [0.717, 1.165) is 5.57 Å². The van der Waals surface area contributed by atoms with Crippen LogP contribution >= 0.6 is 0 Å². The molecule has 0 atom stereocenters. The molecule has 0 unspecified atom stereocenters. The van der Waals surface area contributed by atoms with Gasteiger partial charge in [0.25, 0.3) is 0 Å². The van der Waals surface area contributed by atoms with Gasteiger partial charge in [-0.2, -0.15) is 0 Å². The summed E-state index contributed by atoms with van der Waals surface area (Å²) in [4.78, 5) is 13.4. The number of carbonyl (C=O) groups excluding carboxylic acids is 1. The van der Waals surface area contributed by atoms with E-state index in [2.05, 4.69) is 0 Å². The number of nitrogens with zero attached hydrogens (tertiary/aromatic N) is 1. The summed E-state index contributed by atoms with van der Waals surface area (Å²) in [6.45, 7) is 4.03. The van der Waals surface area contributed by atoms with Crippen molar-refractivity contribution in [3.05, 3.63) is 11.8 Å². The summed E-state index contributed by atoms with van der Waals surface area (Å²) in [6, 6.07) is 0. The Morgan fingerprint density at radius 1 is 1.50 bits per heavy atom. The van der Waals surface area contributed by atoms with E-state index in [1.807, 2.05) is 25.2 Å². The van der Waals surface area contributed by atoms with Crippen molar-refractivity contribution in [1.82, 2.24) is 4.90 Å². The van der Waals surface area contributed by atoms with Gasteiger partial charge in [0.15, 0.2) is 5.78 Å². The van der Waals surface area contributed by atoms with Gasteiger partial charge in [0.2, 0.25) is 0 Å². The molecule has 68 valence electrons. The summed E-state index contributed by atoms with van der Waals surface area (Å²) in [5.41, 5.74) is 0.131. The van der Waals surface area contributed by atoms with Crippen LogP contribution < -0.4 is 0 Å². The van der Waals surface area contributed by atoms with Crippen molar-refractivity contribution in [1.29, 1.82) is 0 Å². The van der Waals surface area contributed by atoms with Crippen LogP contribution in [0.4, 0.5) is 0 Å². The smallest absolute Gasteiger partial charge is 0.193 e. The van der Waals surface area contributed by atoms with Crippen molar-refractivity contribution in [2.45, 2.75) is 19.4 Å². The minimum atomic E-state index is -0.623. The normalized spacial score (nSPS) is 25.0. The lowest BCUT2D eigenvalue weighted by atomic mass is 10.0. The van der Waals surface area contributed by atoms with Crippen LogP contribution in [-0.2, 0) is 9.53 Å². The number of ketones is 1. The largest absolute Gasteiger partial charge is 0.383 e.